The predicted molar refractivity (Wildman–Crippen MR) is 223 cm³/mol. The Morgan fingerprint density at radius 1 is 0.714 bits per heavy atom. The molecule has 5 aromatic carbocycles. The molecule has 0 radical (unpaired) electrons. The third-order valence-electron chi connectivity index (χ3n) is 11.5. The summed E-state index contributed by atoms with van der Waals surface area (Å²) in [6.07, 6.45) is 10.4. The van der Waals surface area contributed by atoms with Gasteiger partial charge in [-0.3, -0.25) is 0 Å². The summed E-state index contributed by atoms with van der Waals surface area (Å²) in [5, 5.41) is 0. The van der Waals surface area contributed by atoms with E-state index in [-0.39, 0.29) is 47.3 Å². The van der Waals surface area contributed by atoms with E-state index in [2.05, 4.69) is 130 Å². The molecule has 0 bridgehead atoms. The SMILES string of the molecule is CC1=C[CH-]C(C)(C)c2cc3c(cc21)-c1cc2c(cc1C3)C(C)(C)CC=C2C.CCc1cc(C(C)(C)C)c[cH-]1.Fc1ccc([C](=[Zr+2])c2ccc(F)cc2)cc1.[Cl-].[Cl-]. The van der Waals surface area contributed by atoms with Crippen LogP contribution in [0.25, 0.3) is 22.3 Å². The van der Waals surface area contributed by atoms with Crippen molar-refractivity contribution in [3.8, 4) is 11.1 Å². The van der Waals surface area contributed by atoms with Crippen molar-refractivity contribution in [1.29, 1.82) is 0 Å². The molecule has 0 heterocycles. The fourth-order valence-corrected chi connectivity index (χ4v) is 8.57. The second kappa shape index (κ2) is 17.7. The van der Waals surface area contributed by atoms with E-state index in [4.69, 9.17) is 0 Å². The Morgan fingerprint density at radius 3 is 1.68 bits per heavy atom. The molecule has 5 aromatic rings. The fraction of sp³-hybridized carbons (Fsp3) is 0.314. The van der Waals surface area contributed by atoms with Crippen LogP contribution < -0.4 is 24.8 Å². The second-order valence-electron chi connectivity index (χ2n) is 17.5. The summed E-state index contributed by atoms with van der Waals surface area (Å²) in [7, 11) is 0. The van der Waals surface area contributed by atoms with Crippen molar-refractivity contribution < 1.29 is 57.8 Å². The molecule has 0 nitrogen and oxygen atoms in total. The molecule has 0 aromatic heterocycles. The van der Waals surface area contributed by atoms with Gasteiger partial charge in [-0.05, 0) is 70.2 Å². The first-order chi connectivity index (χ1) is 25.4. The van der Waals surface area contributed by atoms with Gasteiger partial charge in [-0.25, -0.2) is 18.6 Å². The maximum atomic E-state index is 12.8. The van der Waals surface area contributed by atoms with Gasteiger partial charge in [0.1, 0.15) is 0 Å². The van der Waals surface area contributed by atoms with Crippen molar-refractivity contribution in [3.63, 3.8) is 0 Å². The van der Waals surface area contributed by atoms with Crippen molar-refractivity contribution in [3.05, 3.63) is 177 Å². The summed E-state index contributed by atoms with van der Waals surface area (Å²) >= 11 is 1.22. The maximum absolute atomic E-state index is 12.8. The fourth-order valence-electron chi connectivity index (χ4n) is 7.75. The van der Waals surface area contributed by atoms with E-state index in [1.807, 2.05) is 0 Å². The van der Waals surface area contributed by atoms with Crippen LogP contribution in [0.1, 0.15) is 131 Å². The summed E-state index contributed by atoms with van der Waals surface area (Å²) in [5.74, 6) is -0.488. The average Bonchev–Trinajstić information content (AvgIpc) is 3.77. The largest absolute Gasteiger partial charge is 1.00 e. The van der Waals surface area contributed by atoms with E-state index >= 15 is 0 Å². The normalized spacial score (nSPS) is 15.2. The molecule has 0 N–H and O–H groups in total. The number of hydrogen-bond acceptors (Lipinski definition) is 0. The monoisotopic (exact) mass is 864 g/mol. The maximum Gasteiger partial charge on any atom is -1.00 e. The van der Waals surface area contributed by atoms with Gasteiger partial charge in [-0.15, -0.1) is 12.5 Å². The number of halogens is 4. The quantitative estimate of drug-likeness (QED) is 0.161. The Labute approximate surface area is 362 Å². The Hall–Kier alpha value is -3.23. The molecular weight excluding hydrogens is 813 g/mol. The average molecular weight is 867 g/mol. The Kier molecular flexibility index (Phi) is 14.4. The number of hydrogen-bond donors (Lipinski definition) is 0. The second-order valence-corrected chi connectivity index (χ2v) is 18.7. The summed E-state index contributed by atoms with van der Waals surface area (Å²) in [6.45, 7) is 22.9. The molecule has 0 atom stereocenters. The van der Waals surface area contributed by atoms with Crippen LogP contribution in [0.5, 0.6) is 0 Å². The molecule has 0 fully saturated rings. The summed E-state index contributed by atoms with van der Waals surface area (Å²) in [6, 6.07) is 29.4. The summed E-state index contributed by atoms with van der Waals surface area (Å²) in [5.41, 5.74) is 20.2. The molecule has 292 valence electrons. The summed E-state index contributed by atoms with van der Waals surface area (Å²) in [4.78, 5) is 0. The first-order valence-corrected chi connectivity index (χ1v) is 20.5. The molecule has 5 heteroatoms. The minimum atomic E-state index is -0.244. The van der Waals surface area contributed by atoms with Crippen molar-refractivity contribution in [1.82, 2.24) is 0 Å². The van der Waals surface area contributed by atoms with Gasteiger partial charge in [0.2, 0.25) is 0 Å². The van der Waals surface area contributed by atoms with E-state index in [1.54, 1.807) is 24.3 Å². The number of rotatable bonds is 3. The predicted octanol–water partition coefficient (Wildman–Crippen LogP) is 7.59. The third-order valence-corrected chi connectivity index (χ3v) is 12.9. The summed E-state index contributed by atoms with van der Waals surface area (Å²) < 4.78 is 26.6. The minimum absolute atomic E-state index is 0. The molecule has 3 aliphatic rings. The van der Waals surface area contributed by atoms with Gasteiger partial charge in [0.05, 0.1) is 0 Å². The molecule has 0 aliphatic heterocycles. The van der Waals surface area contributed by atoms with Crippen molar-refractivity contribution in [2.75, 3.05) is 0 Å². The van der Waals surface area contributed by atoms with E-state index in [0.29, 0.717) is 5.41 Å². The van der Waals surface area contributed by atoms with Crippen LogP contribution in [0.4, 0.5) is 8.78 Å². The van der Waals surface area contributed by atoms with Crippen LogP contribution in [0.2, 0.25) is 0 Å². The number of allylic oxidation sites excluding steroid dienone is 4. The molecule has 8 rings (SSSR count). The third kappa shape index (κ3) is 9.72. The van der Waals surface area contributed by atoms with Crippen LogP contribution in [0, 0.1) is 18.1 Å². The molecule has 0 spiro atoms. The topological polar surface area (TPSA) is 0 Å². The van der Waals surface area contributed by atoms with E-state index < -0.39 is 0 Å². The Balaban J connectivity index is 0.000000205. The molecule has 0 saturated carbocycles. The van der Waals surface area contributed by atoms with Gasteiger partial charge in [-0.2, -0.15) is 28.8 Å². The van der Waals surface area contributed by atoms with Crippen LogP contribution in [-0.4, -0.2) is 3.21 Å². The molecule has 0 amide bonds. The Bertz CT molecular complexity index is 2130. The number of fused-ring (bicyclic) bond motifs is 5. The molecule has 0 unspecified atom stereocenters. The van der Waals surface area contributed by atoms with Crippen molar-refractivity contribution >= 4 is 14.4 Å². The first-order valence-electron chi connectivity index (χ1n) is 19.3. The number of aryl methyl sites for hydroxylation is 1. The zero-order valence-electron chi connectivity index (χ0n) is 34.5. The zero-order valence-corrected chi connectivity index (χ0v) is 38.5. The van der Waals surface area contributed by atoms with Gasteiger partial charge < -0.3 is 24.8 Å². The van der Waals surface area contributed by atoms with E-state index in [0.717, 1.165) is 33.6 Å². The van der Waals surface area contributed by atoms with Crippen molar-refractivity contribution in [2.45, 2.75) is 105 Å². The van der Waals surface area contributed by atoms with Crippen LogP contribution in [0.15, 0.2) is 103 Å². The number of benzene rings is 4. The molecule has 0 saturated heterocycles. The van der Waals surface area contributed by atoms with Gasteiger partial charge in [0.25, 0.3) is 0 Å². The van der Waals surface area contributed by atoms with Crippen LogP contribution >= 0.6 is 0 Å². The van der Waals surface area contributed by atoms with Crippen molar-refractivity contribution in [2.24, 2.45) is 0 Å². The van der Waals surface area contributed by atoms with E-state index in [1.165, 1.54) is 115 Å². The molecular formula is C51H54Cl2F2Zr-2. The van der Waals surface area contributed by atoms with Crippen LogP contribution in [0.3, 0.4) is 0 Å². The molecule has 56 heavy (non-hydrogen) atoms. The Morgan fingerprint density at radius 2 is 1.21 bits per heavy atom. The van der Waals surface area contributed by atoms with E-state index in [9.17, 15) is 8.78 Å². The van der Waals surface area contributed by atoms with Gasteiger partial charge in [0, 0.05) is 0 Å². The minimum Gasteiger partial charge on any atom is -1.00 e. The van der Waals surface area contributed by atoms with Crippen LogP contribution in [-0.2, 0) is 53.3 Å². The zero-order chi connectivity index (χ0) is 39.2. The first kappa shape index (κ1) is 45.5. The smallest absolute Gasteiger partial charge is 1.00 e. The van der Waals surface area contributed by atoms with Gasteiger partial charge in [-0.1, -0.05) is 102 Å². The standard InChI is InChI=1S/C27H29.C13H8F2.C11H17.2ClH.Zr/c1-16-7-9-26(3,4)24-12-18-11-19-13-25-21(17(2)8-10-27(25,5)6)15-23(19)22(18)14-20(16)24;14-12-5-1-10(2-6-12)9-11-3-7-13(15)8-4-11;1-5-9-6-7-10(8-9)11(2,3)4;;;/h7-9,12-15H,10-11H2,1-6H3;1-8H;6-8H,5H2,1-4H3;2*1H;/q-1;;-1;;;+2/p-2. The molecule has 3 aliphatic carbocycles. The van der Waals surface area contributed by atoms with Gasteiger partial charge in [0.15, 0.2) is 0 Å². The van der Waals surface area contributed by atoms with Gasteiger partial charge >= 0.3 is 108 Å².